The van der Waals surface area contributed by atoms with Crippen molar-refractivity contribution in [2.24, 2.45) is 0 Å². The molecule has 0 spiro atoms. The van der Waals surface area contributed by atoms with Crippen LogP contribution in [0.4, 0.5) is 36.4 Å². The molecular weight excluding hydrogens is 429 g/mol. The van der Waals surface area contributed by atoms with Gasteiger partial charge in [-0.15, -0.1) is 0 Å². The van der Waals surface area contributed by atoms with Gasteiger partial charge in [0.1, 0.15) is 11.6 Å². The maximum absolute atomic E-state index is 12.8. The van der Waals surface area contributed by atoms with Gasteiger partial charge in [0.05, 0.1) is 5.56 Å². The molecular formula is C24H27F3N6. The first kappa shape index (κ1) is 22.8. The molecule has 0 aliphatic carbocycles. The Hall–Kier alpha value is -3.33. The highest BCUT2D eigenvalue weighted by atomic mass is 19.4. The largest absolute Gasteiger partial charge is 0.416 e. The van der Waals surface area contributed by atoms with Crippen molar-refractivity contribution in [1.29, 1.82) is 0 Å². The van der Waals surface area contributed by atoms with Crippen molar-refractivity contribution in [2.75, 3.05) is 55.4 Å². The number of nitrogens with zero attached hydrogens (tertiary/aromatic N) is 5. The number of aromatic nitrogens is 2. The SMILES string of the molecule is CN(C)c1cc(Nc2ccc(C(F)(F)F)cc2)nc(N2CCN(Cc3ccccc3)CC2)n1. The fraction of sp³-hybridized carbons (Fsp3) is 0.333. The van der Waals surface area contributed by atoms with E-state index in [2.05, 4.69) is 49.4 Å². The van der Waals surface area contributed by atoms with Crippen LogP contribution in [0.5, 0.6) is 0 Å². The van der Waals surface area contributed by atoms with Gasteiger partial charge in [0.2, 0.25) is 5.95 Å². The molecule has 0 amide bonds. The average molecular weight is 457 g/mol. The van der Waals surface area contributed by atoms with Crippen LogP contribution in [-0.2, 0) is 12.7 Å². The number of halogens is 3. The lowest BCUT2D eigenvalue weighted by Gasteiger charge is -2.35. The van der Waals surface area contributed by atoms with Crippen molar-refractivity contribution in [3.8, 4) is 0 Å². The van der Waals surface area contributed by atoms with Crippen molar-refractivity contribution >= 4 is 23.3 Å². The lowest BCUT2D eigenvalue weighted by Crippen LogP contribution is -2.46. The molecule has 3 aromatic rings. The molecule has 9 heteroatoms. The second-order valence-corrected chi connectivity index (χ2v) is 8.25. The molecule has 1 aromatic heterocycles. The fourth-order valence-corrected chi connectivity index (χ4v) is 3.69. The smallest absolute Gasteiger partial charge is 0.363 e. The van der Waals surface area contributed by atoms with E-state index in [4.69, 9.17) is 0 Å². The van der Waals surface area contributed by atoms with E-state index in [9.17, 15) is 13.2 Å². The Labute approximate surface area is 191 Å². The molecule has 0 bridgehead atoms. The highest BCUT2D eigenvalue weighted by molar-refractivity contribution is 5.62. The van der Waals surface area contributed by atoms with E-state index in [1.54, 1.807) is 6.07 Å². The Kier molecular flexibility index (Phi) is 6.69. The first-order valence-corrected chi connectivity index (χ1v) is 10.8. The van der Waals surface area contributed by atoms with Crippen LogP contribution in [0.2, 0.25) is 0 Å². The molecule has 2 aromatic carbocycles. The lowest BCUT2D eigenvalue weighted by atomic mass is 10.2. The molecule has 0 saturated carbocycles. The Morgan fingerprint density at radius 2 is 1.58 bits per heavy atom. The Morgan fingerprint density at radius 1 is 0.909 bits per heavy atom. The molecule has 2 heterocycles. The number of rotatable bonds is 6. The summed E-state index contributed by atoms with van der Waals surface area (Å²) in [5.74, 6) is 1.87. The Balaban J connectivity index is 1.46. The molecule has 174 valence electrons. The van der Waals surface area contributed by atoms with E-state index in [1.807, 2.05) is 25.1 Å². The number of anilines is 4. The molecule has 4 rings (SSSR count). The van der Waals surface area contributed by atoms with Crippen LogP contribution in [0, 0.1) is 0 Å². The third kappa shape index (κ3) is 5.92. The van der Waals surface area contributed by atoms with E-state index in [-0.39, 0.29) is 0 Å². The van der Waals surface area contributed by atoms with Crippen LogP contribution >= 0.6 is 0 Å². The summed E-state index contributed by atoms with van der Waals surface area (Å²) < 4.78 is 38.5. The summed E-state index contributed by atoms with van der Waals surface area (Å²) >= 11 is 0. The highest BCUT2D eigenvalue weighted by Gasteiger charge is 2.30. The van der Waals surface area contributed by atoms with Crippen molar-refractivity contribution < 1.29 is 13.2 Å². The molecule has 1 aliphatic rings. The summed E-state index contributed by atoms with van der Waals surface area (Å²) in [6.07, 6.45) is -4.36. The zero-order valence-electron chi connectivity index (χ0n) is 18.7. The van der Waals surface area contributed by atoms with Crippen LogP contribution in [0.15, 0.2) is 60.7 Å². The van der Waals surface area contributed by atoms with Crippen molar-refractivity contribution in [2.45, 2.75) is 12.7 Å². The fourth-order valence-electron chi connectivity index (χ4n) is 3.69. The van der Waals surface area contributed by atoms with Gasteiger partial charge in [0.25, 0.3) is 0 Å². The van der Waals surface area contributed by atoms with Crippen molar-refractivity contribution in [3.63, 3.8) is 0 Å². The van der Waals surface area contributed by atoms with Gasteiger partial charge in [-0.3, -0.25) is 4.90 Å². The predicted molar refractivity (Wildman–Crippen MR) is 125 cm³/mol. The third-order valence-electron chi connectivity index (χ3n) is 5.55. The zero-order chi connectivity index (χ0) is 23.4. The van der Waals surface area contributed by atoms with Crippen LogP contribution in [0.25, 0.3) is 0 Å². The van der Waals surface area contributed by atoms with Crippen molar-refractivity contribution in [1.82, 2.24) is 14.9 Å². The van der Waals surface area contributed by atoms with Crippen LogP contribution < -0.4 is 15.1 Å². The summed E-state index contributed by atoms with van der Waals surface area (Å²) in [6, 6.07) is 17.1. The van der Waals surface area contributed by atoms with Gasteiger partial charge >= 0.3 is 6.18 Å². The van der Waals surface area contributed by atoms with E-state index >= 15 is 0 Å². The topological polar surface area (TPSA) is 47.5 Å². The number of alkyl halides is 3. The molecule has 33 heavy (non-hydrogen) atoms. The molecule has 1 aliphatic heterocycles. The van der Waals surface area contributed by atoms with E-state index < -0.39 is 11.7 Å². The summed E-state index contributed by atoms with van der Waals surface area (Å²) in [4.78, 5) is 15.8. The van der Waals surface area contributed by atoms with Gasteiger partial charge in [0.15, 0.2) is 0 Å². The van der Waals surface area contributed by atoms with Gasteiger partial charge in [-0.25, -0.2) is 0 Å². The van der Waals surface area contributed by atoms with E-state index in [1.165, 1.54) is 17.7 Å². The minimum atomic E-state index is -4.36. The van der Waals surface area contributed by atoms with Gasteiger partial charge in [0, 0.05) is 58.6 Å². The minimum Gasteiger partial charge on any atom is -0.363 e. The van der Waals surface area contributed by atoms with Crippen LogP contribution in [0.3, 0.4) is 0 Å². The molecule has 6 nitrogen and oxygen atoms in total. The standard InChI is InChI=1S/C24H27F3N6/c1-31(2)22-16-21(28-20-10-8-19(9-11-20)24(25,26)27)29-23(30-22)33-14-12-32(13-15-33)17-18-6-4-3-5-7-18/h3-11,16H,12-15,17H2,1-2H3,(H,28,29,30). The van der Waals surface area contributed by atoms with Gasteiger partial charge in [-0.05, 0) is 29.8 Å². The second kappa shape index (κ2) is 9.66. The summed E-state index contributed by atoms with van der Waals surface area (Å²) in [5.41, 5.74) is 1.14. The number of benzene rings is 2. The highest BCUT2D eigenvalue weighted by Crippen LogP contribution is 2.30. The maximum Gasteiger partial charge on any atom is 0.416 e. The zero-order valence-corrected chi connectivity index (χ0v) is 18.7. The number of hydrogen-bond acceptors (Lipinski definition) is 6. The summed E-state index contributed by atoms with van der Waals surface area (Å²) in [5, 5.41) is 3.12. The molecule has 0 atom stereocenters. The molecule has 1 fully saturated rings. The predicted octanol–water partition coefficient (Wildman–Crippen LogP) is 4.63. The number of piperazine rings is 1. The average Bonchev–Trinajstić information content (AvgIpc) is 2.80. The minimum absolute atomic E-state index is 0.532. The molecule has 0 unspecified atom stereocenters. The van der Waals surface area contributed by atoms with Crippen LogP contribution in [-0.4, -0.2) is 55.1 Å². The van der Waals surface area contributed by atoms with Gasteiger partial charge in [-0.1, -0.05) is 30.3 Å². The molecule has 1 saturated heterocycles. The van der Waals surface area contributed by atoms with Crippen molar-refractivity contribution in [3.05, 3.63) is 71.8 Å². The molecule has 0 radical (unpaired) electrons. The quantitative estimate of drug-likeness (QED) is 0.584. The molecule has 1 N–H and O–H groups in total. The summed E-state index contributed by atoms with van der Waals surface area (Å²) in [6.45, 7) is 4.29. The summed E-state index contributed by atoms with van der Waals surface area (Å²) in [7, 11) is 3.79. The normalized spacial score (nSPS) is 14.9. The monoisotopic (exact) mass is 456 g/mol. The first-order chi connectivity index (χ1) is 15.8. The van der Waals surface area contributed by atoms with Crippen LogP contribution in [0.1, 0.15) is 11.1 Å². The Morgan fingerprint density at radius 3 is 2.18 bits per heavy atom. The van der Waals surface area contributed by atoms with Gasteiger partial charge in [-0.2, -0.15) is 23.1 Å². The van der Waals surface area contributed by atoms with E-state index in [0.29, 0.717) is 17.5 Å². The van der Waals surface area contributed by atoms with E-state index in [0.717, 1.165) is 50.7 Å². The lowest BCUT2D eigenvalue weighted by molar-refractivity contribution is -0.137. The first-order valence-electron chi connectivity index (χ1n) is 10.8. The second-order valence-electron chi connectivity index (χ2n) is 8.25. The van der Waals surface area contributed by atoms with Gasteiger partial charge < -0.3 is 15.1 Å². The number of nitrogens with one attached hydrogen (secondary N) is 1. The third-order valence-corrected chi connectivity index (χ3v) is 5.55. The Bertz CT molecular complexity index is 1050. The number of hydrogen-bond donors (Lipinski definition) is 1. The maximum atomic E-state index is 12.8.